The highest BCUT2D eigenvalue weighted by Crippen LogP contribution is 2.40. The summed E-state index contributed by atoms with van der Waals surface area (Å²) in [5.74, 6) is -1.20. The van der Waals surface area contributed by atoms with Crippen molar-refractivity contribution in [3.8, 4) is 5.75 Å². The average Bonchev–Trinajstić information content (AvgIpc) is 2.59. The van der Waals surface area contributed by atoms with Gasteiger partial charge in [-0.15, -0.1) is 0 Å². The van der Waals surface area contributed by atoms with Crippen molar-refractivity contribution in [2.45, 2.75) is 5.92 Å². The fourth-order valence-corrected chi connectivity index (χ4v) is 2.79. The van der Waals surface area contributed by atoms with Gasteiger partial charge in [0.2, 0.25) is 0 Å². The summed E-state index contributed by atoms with van der Waals surface area (Å²) in [5, 5.41) is 2.79. The van der Waals surface area contributed by atoms with E-state index in [2.05, 4.69) is 21.2 Å². The predicted molar refractivity (Wildman–Crippen MR) is 86.8 cm³/mol. The van der Waals surface area contributed by atoms with Crippen molar-refractivity contribution < 1.29 is 23.8 Å². The summed E-state index contributed by atoms with van der Waals surface area (Å²) in [7, 11) is 4.10. The molecular formula is C16H16BrNO5. The quantitative estimate of drug-likeness (QED) is 0.806. The molecule has 0 bridgehead atoms. The highest BCUT2D eigenvalue weighted by atomic mass is 79.9. The van der Waals surface area contributed by atoms with E-state index < -0.39 is 17.9 Å². The summed E-state index contributed by atoms with van der Waals surface area (Å²) < 4.78 is 15.8. The van der Waals surface area contributed by atoms with Gasteiger partial charge < -0.3 is 19.5 Å². The third kappa shape index (κ3) is 3.39. The molecule has 0 amide bonds. The van der Waals surface area contributed by atoms with Gasteiger partial charge in [0.1, 0.15) is 5.75 Å². The second-order valence-electron chi connectivity index (χ2n) is 4.67. The lowest BCUT2D eigenvalue weighted by atomic mass is 9.83. The molecule has 0 saturated heterocycles. The summed E-state index contributed by atoms with van der Waals surface area (Å²) in [5.41, 5.74) is 1.22. The first kappa shape index (κ1) is 17.1. The van der Waals surface area contributed by atoms with E-state index in [9.17, 15) is 9.59 Å². The van der Waals surface area contributed by atoms with Crippen LogP contribution in [-0.2, 0) is 19.1 Å². The minimum absolute atomic E-state index is 0.284. The average molecular weight is 382 g/mol. The molecule has 0 atom stereocenters. The maximum Gasteiger partial charge on any atom is 0.336 e. The fourth-order valence-electron chi connectivity index (χ4n) is 2.41. The Morgan fingerprint density at radius 3 is 2.09 bits per heavy atom. The normalized spacial score (nSPS) is 14.3. The van der Waals surface area contributed by atoms with E-state index in [1.54, 1.807) is 12.1 Å². The first-order valence-corrected chi connectivity index (χ1v) is 7.49. The van der Waals surface area contributed by atoms with Crippen LogP contribution in [0.1, 0.15) is 11.5 Å². The van der Waals surface area contributed by atoms with Gasteiger partial charge in [0.15, 0.2) is 0 Å². The lowest BCUT2D eigenvalue weighted by Crippen LogP contribution is -2.26. The van der Waals surface area contributed by atoms with E-state index in [4.69, 9.17) is 14.2 Å². The Morgan fingerprint density at radius 2 is 1.61 bits per heavy atom. The van der Waals surface area contributed by atoms with Gasteiger partial charge in [-0.3, -0.25) is 0 Å². The van der Waals surface area contributed by atoms with Gasteiger partial charge >= 0.3 is 11.9 Å². The second kappa shape index (κ2) is 7.32. The topological polar surface area (TPSA) is 73.9 Å². The molecule has 1 heterocycles. The Morgan fingerprint density at radius 1 is 1.04 bits per heavy atom. The zero-order valence-electron chi connectivity index (χ0n) is 12.9. The number of carbonyl (C=O) groups excluding carboxylic acids is 2. The summed E-state index contributed by atoms with van der Waals surface area (Å²) >= 11 is 3.40. The standard InChI is InChI=1S/C16H16BrNO5/c1-21-13-5-4-9(17)6-10(13)14-11(15(19)22-2)7-18-8-12(14)16(20)23-3/h4-8,14,18H,1-3H3. The van der Waals surface area contributed by atoms with Gasteiger partial charge in [-0.1, -0.05) is 15.9 Å². The number of methoxy groups -OCH3 is 3. The van der Waals surface area contributed by atoms with Crippen LogP contribution in [0.2, 0.25) is 0 Å². The van der Waals surface area contributed by atoms with Crippen LogP contribution in [0.4, 0.5) is 0 Å². The van der Waals surface area contributed by atoms with Crippen LogP contribution in [-0.4, -0.2) is 33.3 Å². The van der Waals surface area contributed by atoms with Gasteiger partial charge in [0, 0.05) is 22.4 Å². The molecule has 1 aliphatic rings. The Hall–Kier alpha value is -2.28. The lowest BCUT2D eigenvalue weighted by molar-refractivity contribution is -0.137. The molecule has 1 aliphatic heterocycles. The van der Waals surface area contributed by atoms with Crippen LogP contribution < -0.4 is 10.1 Å². The van der Waals surface area contributed by atoms with Crippen LogP contribution in [0.3, 0.4) is 0 Å². The van der Waals surface area contributed by atoms with Crippen molar-refractivity contribution in [3.63, 3.8) is 0 Å². The van der Waals surface area contributed by atoms with Crippen molar-refractivity contribution in [2.24, 2.45) is 0 Å². The van der Waals surface area contributed by atoms with Gasteiger partial charge in [-0.05, 0) is 18.2 Å². The molecule has 1 aromatic carbocycles. The molecule has 6 nitrogen and oxygen atoms in total. The summed E-state index contributed by atoms with van der Waals surface area (Å²) in [6, 6.07) is 5.36. The second-order valence-corrected chi connectivity index (χ2v) is 5.58. The molecule has 0 unspecified atom stereocenters. The highest BCUT2D eigenvalue weighted by Gasteiger charge is 2.35. The minimum atomic E-state index is -0.663. The van der Waals surface area contributed by atoms with E-state index in [1.807, 2.05) is 6.07 Å². The van der Waals surface area contributed by atoms with Crippen molar-refractivity contribution in [3.05, 3.63) is 51.8 Å². The van der Waals surface area contributed by atoms with E-state index in [0.29, 0.717) is 11.3 Å². The molecule has 1 N–H and O–H groups in total. The number of halogens is 1. The van der Waals surface area contributed by atoms with Crippen molar-refractivity contribution >= 4 is 27.9 Å². The number of dihydropyridines is 1. The lowest BCUT2D eigenvalue weighted by Gasteiger charge is -2.26. The molecule has 1 aromatic rings. The van der Waals surface area contributed by atoms with E-state index >= 15 is 0 Å². The first-order valence-electron chi connectivity index (χ1n) is 6.69. The Balaban J connectivity index is 2.63. The molecule has 23 heavy (non-hydrogen) atoms. The molecule has 2 rings (SSSR count). The fraction of sp³-hybridized carbons (Fsp3) is 0.250. The summed E-state index contributed by atoms with van der Waals surface area (Å²) in [6.07, 6.45) is 3.01. The Labute approximate surface area is 142 Å². The zero-order chi connectivity index (χ0) is 17.0. The van der Waals surface area contributed by atoms with Gasteiger partial charge in [0.25, 0.3) is 0 Å². The molecule has 7 heteroatoms. The van der Waals surface area contributed by atoms with Crippen LogP contribution in [0, 0.1) is 0 Å². The van der Waals surface area contributed by atoms with E-state index in [1.165, 1.54) is 33.7 Å². The molecule has 0 radical (unpaired) electrons. The molecular weight excluding hydrogens is 366 g/mol. The number of nitrogens with one attached hydrogen (secondary N) is 1. The maximum atomic E-state index is 12.1. The number of hydrogen-bond donors (Lipinski definition) is 1. The van der Waals surface area contributed by atoms with Crippen molar-refractivity contribution in [2.75, 3.05) is 21.3 Å². The number of ether oxygens (including phenoxy) is 3. The Bertz CT molecular complexity index is 664. The van der Waals surface area contributed by atoms with Crippen molar-refractivity contribution in [1.82, 2.24) is 5.32 Å². The van der Waals surface area contributed by atoms with Crippen LogP contribution in [0.25, 0.3) is 0 Å². The smallest absolute Gasteiger partial charge is 0.336 e. The monoisotopic (exact) mass is 381 g/mol. The highest BCUT2D eigenvalue weighted by molar-refractivity contribution is 9.10. The predicted octanol–water partition coefficient (Wildman–Crippen LogP) is 2.26. The molecule has 0 aliphatic carbocycles. The zero-order valence-corrected chi connectivity index (χ0v) is 14.5. The largest absolute Gasteiger partial charge is 0.496 e. The number of benzene rings is 1. The van der Waals surface area contributed by atoms with Crippen molar-refractivity contribution in [1.29, 1.82) is 0 Å². The van der Waals surface area contributed by atoms with Gasteiger partial charge in [-0.25, -0.2) is 9.59 Å². The number of hydrogen-bond acceptors (Lipinski definition) is 6. The van der Waals surface area contributed by atoms with Crippen LogP contribution >= 0.6 is 15.9 Å². The molecule has 0 fully saturated rings. The number of esters is 2. The van der Waals surface area contributed by atoms with E-state index in [-0.39, 0.29) is 11.1 Å². The van der Waals surface area contributed by atoms with Gasteiger partial charge in [-0.2, -0.15) is 0 Å². The summed E-state index contributed by atoms with van der Waals surface area (Å²) in [4.78, 5) is 24.3. The number of carbonyl (C=O) groups is 2. The molecule has 0 spiro atoms. The molecule has 0 aromatic heterocycles. The third-order valence-electron chi connectivity index (χ3n) is 3.44. The Kier molecular flexibility index (Phi) is 5.44. The maximum absolute atomic E-state index is 12.1. The first-order chi connectivity index (χ1) is 11.0. The van der Waals surface area contributed by atoms with Crippen LogP contribution in [0.5, 0.6) is 5.75 Å². The number of rotatable bonds is 4. The molecule has 122 valence electrons. The van der Waals surface area contributed by atoms with Crippen LogP contribution in [0.15, 0.2) is 46.2 Å². The SMILES string of the molecule is COC(=O)C1=CNC=C(C(=O)OC)C1c1cc(Br)ccc1OC. The minimum Gasteiger partial charge on any atom is -0.496 e. The molecule has 0 saturated carbocycles. The van der Waals surface area contributed by atoms with E-state index in [0.717, 1.165) is 4.47 Å². The third-order valence-corrected chi connectivity index (χ3v) is 3.94. The summed E-state index contributed by atoms with van der Waals surface area (Å²) in [6.45, 7) is 0. The van der Waals surface area contributed by atoms with Gasteiger partial charge in [0.05, 0.1) is 38.4 Å².